The van der Waals surface area contributed by atoms with E-state index in [0.717, 1.165) is 11.1 Å². The predicted octanol–water partition coefficient (Wildman–Crippen LogP) is 5.99. The number of esters is 1. The molecule has 1 atom stereocenters. The Morgan fingerprint density at radius 3 is 2.07 bits per heavy atom. The second-order valence-electron chi connectivity index (χ2n) is 8.52. The van der Waals surface area contributed by atoms with Crippen LogP contribution in [0.25, 0.3) is 0 Å². The first-order valence-electron chi connectivity index (χ1n) is 10.1. The van der Waals surface area contributed by atoms with Crippen LogP contribution in [0.4, 0.5) is 13.2 Å². The van der Waals surface area contributed by atoms with Crippen LogP contribution < -0.4 is 10.5 Å². The number of aryl methyl sites for hydroxylation is 1. The van der Waals surface area contributed by atoms with Gasteiger partial charge in [0.2, 0.25) is 0 Å². The second-order valence-corrected chi connectivity index (χ2v) is 8.52. The molecule has 0 spiro atoms. The van der Waals surface area contributed by atoms with E-state index in [0.29, 0.717) is 12.0 Å². The minimum absolute atomic E-state index is 0.0911. The van der Waals surface area contributed by atoms with Crippen molar-refractivity contribution in [1.82, 2.24) is 0 Å². The molecule has 0 saturated carbocycles. The minimum atomic E-state index is -5.07. The summed E-state index contributed by atoms with van der Waals surface area (Å²) in [5, 5.41) is 0. The normalized spacial score (nSPS) is 13.6. The number of rotatable bonds is 7. The lowest BCUT2D eigenvalue weighted by atomic mass is 9.69. The molecule has 6 heteroatoms. The summed E-state index contributed by atoms with van der Waals surface area (Å²) in [4.78, 5) is 11.6. The largest absolute Gasteiger partial charge is 0.491 e. The Hall–Kier alpha value is -2.34. The number of halogens is 3. The van der Waals surface area contributed by atoms with Crippen LogP contribution in [0.5, 0.6) is 5.75 Å². The molecule has 0 amide bonds. The number of ether oxygens (including phenoxy) is 1. The van der Waals surface area contributed by atoms with Crippen molar-refractivity contribution in [1.29, 1.82) is 0 Å². The van der Waals surface area contributed by atoms with Gasteiger partial charge in [0.15, 0.2) is 0 Å². The van der Waals surface area contributed by atoms with E-state index < -0.39 is 17.7 Å². The number of benzene rings is 2. The van der Waals surface area contributed by atoms with Gasteiger partial charge >= 0.3 is 12.1 Å². The van der Waals surface area contributed by atoms with Crippen molar-refractivity contribution in [2.75, 3.05) is 0 Å². The van der Waals surface area contributed by atoms with Crippen LogP contribution >= 0.6 is 0 Å². The first-order valence-corrected chi connectivity index (χ1v) is 10.1. The first kappa shape index (κ1) is 23.9. The Morgan fingerprint density at radius 2 is 1.57 bits per heavy atom. The van der Waals surface area contributed by atoms with Crippen molar-refractivity contribution in [3.8, 4) is 5.75 Å². The summed E-state index contributed by atoms with van der Waals surface area (Å²) in [6, 6.07) is 14.3. The summed E-state index contributed by atoms with van der Waals surface area (Å²) in [5.41, 5.74) is 8.54. The smallest absolute Gasteiger partial charge is 0.420 e. The standard InChI is InChI=1S/C24H30F3NO2/c1-15(2)23(28,16(3)4)14-20(18-9-7-6-8-10-18)19-13-17(5)11-12-21(19)30-22(29)24(25,26)27/h6-13,15-16,20H,14,28H2,1-5H3. The molecule has 0 fully saturated rings. The zero-order valence-electron chi connectivity index (χ0n) is 18.1. The quantitative estimate of drug-likeness (QED) is 0.441. The summed E-state index contributed by atoms with van der Waals surface area (Å²) in [6.45, 7) is 10.0. The highest BCUT2D eigenvalue weighted by Crippen LogP contribution is 2.42. The van der Waals surface area contributed by atoms with Gasteiger partial charge in [-0.05, 0) is 36.8 Å². The molecule has 0 aliphatic heterocycles. The molecule has 1 unspecified atom stereocenters. The summed E-state index contributed by atoms with van der Waals surface area (Å²) < 4.78 is 43.4. The molecule has 2 rings (SSSR count). The molecule has 164 valence electrons. The topological polar surface area (TPSA) is 52.3 Å². The fraction of sp³-hybridized carbons (Fsp3) is 0.458. The first-order chi connectivity index (χ1) is 13.9. The molecule has 2 aromatic rings. The molecule has 0 aliphatic carbocycles. The monoisotopic (exact) mass is 421 g/mol. The van der Waals surface area contributed by atoms with E-state index in [4.69, 9.17) is 10.5 Å². The van der Waals surface area contributed by atoms with Gasteiger partial charge in [0.25, 0.3) is 0 Å². The van der Waals surface area contributed by atoms with E-state index in [1.165, 1.54) is 6.07 Å². The molecule has 0 aliphatic rings. The number of hydrogen-bond acceptors (Lipinski definition) is 3. The van der Waals surface area contributed by atoms with Crippen LogP contribution in [0.3, 0.4) is 0 Å². The van der Waals surface area contributed by atoms with Gasteiger partial charge in [0, 0.05) is 17.0 Å². The molecular weight excluding hydrogens is 391 g/mol. The van der Waals surface area contributed by atoms with Crippen LogP contribution in [-0.4, -0.2) is 17.7 Å². The van der Waals surface area contributed by atoms with Crippen molar-refractivity contribution >= 4 is 5.97 Å². The Morgan fingerprint density at radius 1 is 1.00 bits per heavy atom. The lowest BCUT2D eigenvalue weighted by molar-refractivity contribution is -0.189. The maximum absolute atomic E-state index is 12.9. The average molecular weight is 422 g/mol. The van der Waals surface area contributed by atoms with Gasteiger partial charge in [-0.25, -0.2) is 4.79 Å². The van der Waals surface area contributed by atoms with E-state index in [1.807, 2.05) is 65.0 Å². The van der Waals surface area contributed by atoms with Gasteiger partial charge in [-0.15, -0.1) is 0 Å². The van der Waals surface area contributed by atoms with Gasteiger partial charge < -0.3 is 10.5 Å². The van der Waals surface area contributed by atoms with Crippen molar-refractivity contribution in [3.63, 3.8) is 0 Å². The average Bonchev–Trinajstić information content (AvgIpc) is 2.67. The molecule has 0 aromatic heterocycles. The summed E-state index contributed by atoms with van der Waals surface area (Å²) in [7, 11) is 0. The molecule has 3 nitrogen and oxygen atoms in total. The molecule has 0 saturated heterocycles. The van der Waals surface area contributed by atoms with Gasteiger partial charge in [-0.3, -0.25) is 0 Å². The van der Waals surface area contributed by atoms with Gasteiger partial charge in [0.05, 0.1) is 0 Å². The molecule has 0 heterocycles. The van der Waals surface area contributed by atoms with E-state index >= 15 is 0 Å². The van der Waals surface area contributed by atoms with Gasteiger partial charge in [0.1, 0.15) is 5.75 Å². The third-order valence-corrected chi connectivity index (χ3v) is 5.88. The fourth-order valence-corrected chi connectivity index (χ4v) is 3.78. The third-order valence-electron chi connectivity index (χ3n) is 5.88. The molecule has 0 radical (unpaired) electrons. The minimum Gasteiger partial charge on any atom is -0.420 e. The lowest BCUT2D eigenvalue weighted by Crippen LogP contribution is -2.51. The molecular formula is C24H30F3NO2. The molecule has 2 aromatic carbocycles. The maximum Gasteiger partial charge on any atom is 0.491 e. The highest BCUT2D eigenvalue weighted by molar-refractivity contribution is 5.78. The molecule has 30 heavy (non-hydrogen) atoms. The second kappa shape index (κ2) is 9.21. The number of nitrogens with two attached hydrogens (primary N) is 1. The maximum atomic E-state index is 12.9. The SMILES string of the molecule is Cc1ccc(OC(=O)C(F)(F)F)c(C(CC(N)(C(C)C)C(C)C)c2ccccc2)c1. The Balaban J connectivity index is 2.62. The summed E-state index contributed by atoms with van der Waals surface area (Å²) in [5.74, 6) is -2.39. The number of carbonyl (C=O) groups is 1. The van der Waals surface area contributed by atoms with Crippen molar-refractivity contribution in [2.45, 2.75) is 58.7 Å². The van der Waals surface area contributed by atoms with E-state index in [1.54, 1.807) is 12.1 Å². The zero-order chi connectivity index (χ0) is 22.7. The van der Waals surface area contributed by atoms with Crippen LogP contribution in [-0.2, 0) is 4.79 Å². The zero-order valence-corrected chi connectivity index (χ0v) is 18.1. The predicted molar refractivity (Wildman–Crippen MR) is 112 cm³/mol. The highest BCUT2D eigenvalue weighted by Gasteiger charge is 2.42. The fourth-order valence-electron chi connectivity index (χ4n) is 3.78. The number of carbonyl (C=O) groups excluding carboxylic acids is 1. The summed E-state index contributed by atoms with van der Waals surface area (Å²) in [6.07, 6.45) is -4.58. The summed E-state index contributed by atoms with van der Waals surface area (Å²) >= 11 is 0. The van der Waals surface area contributed by atoms with Gasteiger partial charge in [-0.1, -0.05) is 75.7 Å². The molecule has 2 N–H and O–H groups in total. The third kappa shape index (κ3) is 5.42. The van der Waals surface area contributed by atoms with Crippen LogP contribution in [0.15, 0.2) is 48.5 Å². The lowest BCUT2D eigenvalue weighted by Gasteiger charge is -2.41. The highest BCUT2D eigenvalue weighted by atomic mass is 19.4. The van der Waals surface area contributed by atoms with E-state index in [-0.39, 0.29) is 23.5 Å². The van der Waals surface area contributed by atoms with Crippen LogP contribution in [0.2, 0.25) is 0 Å². The number of hydrogen-bond donors (Lipinski definition) is 1. The Labute approximate surface area is 176 Å². The number of alkyl halides is 3. The van der Waals surface area contributed by atoms with E-state index in [9.17, 15) is 18.0 Å². The van der Waals surface area contributed by atoms with Crippen LogP contribution in [0.1, 0.15) is 56.7 Å². The Kier molecular flexibility index (Phi) is 7.35. The molecule has 0 bridgehead atoms. The van der Waals surface area contributed by atoms with E-state index in [2.05, 4.69) is 0 Å². The van der Waals surface area contributed by atoms with Crippen molar-refractivity contribution in [2.24, 2.45) is 17.6 Å². The Bertz CT molecular complexity index is 852. The van der Waals surface area contributed by atoms with Gasteiger partial charge in [-0.2, -0.15) is 13.2 Å². The van der Waals surface area contributed by atoms with Crippen molar-refractivity contribution in [3.05, 3.63) is 65.2 Å². The van der Waals surface area contributed by atoms with Crippen LogP contribution in [0, 0.1) is 18.8 Å². The van der Waals surface area contributed by atoms with Crippen molar-refractivity contribution < 1.29 is 22.7 Å².